The lowest BCUT2D eigenvalue weighted by Gasteiger charge is -2.27. The molecule has 2 nitrogen and oxygen atoms in total. The summed E-state index contributed by atoms with van der Waals surface area (Å²) in [6, 6.07) is 16.1. The predicted molar refractivity (Wildman–Crippen MR) is 103 cm³/mol. The molecule has 2 atom stereocenters. The third kappa shape index (κ3) is 5.73. The molecule has 24 heavy (non-hydrogen) atoms. The second kappa shape index (κ2) is 9.36. The van der Waals surface area contributed by atoms with Crippen molar-refractivity contribution in [3.05, 3.63) is 69.2 Å². The first-order valence-electron chi connectivity index (χ1n) is 8.10. The zero-order valence-corrected chi connectivity index (χ0v) is 16.3. The summed E-state index contributed by atoms with van der Waals surface area (Å²) >= 11 is 9.47. The van der Waals surface area contributed by atoms with Gasteiger partial charge in [0.1, 0.15) is 5.78 Å². The van der Waals surface area contributed by atoms with Gasteiger partial charge in [-0.3, -0.25) is 4.79 Å². The van der Waals surface area contributed by atoms with E-state index in [0.29, 0.717) is 13.0 Å². The van der Waals surface area contributed by atoms with Gasteiger partial charge in [0.25, 0.3) is 0 Å². The van der Waals surface area contributed by atoms with Gasteiger partial charge in [0.05, 0.1) is 6.10 Å². The van der Waals surface area contributed by atoms with Gasteiger partial charge >= 0.3 is 0 Å². The number of halogens is 2. The topological polar surface area (TPSA) is 26.3 Å². The maximum atomic E-state index is 11.7. The normalized spacial score (nSPS) is 13.5. The lowest BCUT2D eigenvalue weighted by atomic mass is 9.85. The Morgan fingerprint density at radius 1 is 1.12 bits per heavy atom. The van der Waals surface area contributed by atoms with E-state index in [-0.39, 0.29) is 17.8 Å². The lowest BCUT2D eigenvalue weighted by Crippen LogP contribution is -2.26. The first-order valence-corrected chi connectivity index (χ1v) is 9.27. The van der Waals surface area contributed by atoms with E-state index in [0.717, 1.165) is 15.9 Å². The van der Waals surface area contributed by atoms with Gasteiger partial charge < -0.3 is 4.74 Å². The van der Waals surface area contributed by atoms with Crippen molar-refractivity contribution < 1.29 is 9.53 Å². The Bertz CT molecular complexity index is 652. The molecule has 0 aliphatic heterocycles. The van der Waals surface area contributed by atoms with Crippen molar-refractivity contribution >= 4 is 33.3 Å². The van der Waals surface area contributed by atoms with Crippen LogP contribution in [0.3, 0.4) is 0 Å². The number of hydrogen-bond acceptors (Lipinski definition) is 2. The summed E-state index contributed by atoms with van der Waals surface area (Å²) in [6.07, 6.45) is 1.09. The molecule has 4 heteroatoms. The van der Waals surface area contributed by atoms with Gasteiger partial charge in [-0.1, -0.05) is 51.8 Å². The Kier molecular flexibility index (Phi) is 7.47. The molecule has 0 fully saturated rings. The van der Waals surface area contributed by atoms with E-state index >= 15 is 0 Å². The minimum atomic E-state index is -0.135. The van der Waals surface area contributed by atoms with Crippen LogP contribution in [0.1, 0.15) is 37.3 Å². The van der Waals surface area contributed by atoms with Gasteiger partial charge in [0, 0.05) is 28.4 Å². The van der Waals surface area contributed by atoms with Crippen molar-refractivity contribution in [2.75, 3.05) is 6.61 Å². The first-order chi connectivity index (χ1) is 11.5. The van der Waals surface area contributed by atoms with Crippen molar-refractivity contribution in [1.29, 1.82) is 0 Å². The molecule has 2 aromatic rings. The molecule has 0 bridgehead atoms. The van der Waals surface area contributed by atoms with Crippen LogP contribution in [-0.4, -0.2) is 18.5 Å². The standard InChI is InChI=1S/C20H22BrClO2/c1-3-24-20(12-14(2)23)19(16-6-8-17(21)9-7-16)13-15-4-10-18(22)11-5-15/h4-11,19-20H,3,12-13H2,1-2H3/t19?,20-/m1/s1. The highest BCUT2D eigenvalue weighted by atomic mass is 79.9. The van der Waals surface area contributed by atoms with Gasteiger partial charge in [0.15, 0.2) is 0 Å². The second-order valence-corrected chi connectivity index (χ2v) is 7.24. The van der Waals surface area contributed by atoms with Crippen LogP contribution >= 0.6 is 27.5 Å². The van der Waals surface area contributed by atoms with E-state index in [1.807, 2.05) is 43.3 Å². The molecular weight excluding hydrogens is 388 g/mol. The average molecular weight is 410 g/mol. The summed E-state index contributed by atoms with van der Waals surface area (Å²) in [5.41, 5.74) is 2.36. The van der Waals surface area contributed by atoms with Crippen LogP contribution in [-0.2, 0) is 16.0 Å². The number of benzene rings is 2. The second-order valence-electron chi connectivity index (χ2n) is 5.89. The van der Waals surface area contributed by atoms with Gasteiger partial charge in [0.2, 0.25) is 0 Å². The number of ether oxygens (including phenoxy) is 1. The van der Waals surface area contributed by atoms with Gasteiger partial charge in [-0.15, -0.1) is 0 Å². The predicted octanol–water partition coefficient (Wildman–Crippen LogP) is 5.81. The zero-order chi connectivity index (χ0) is 17.5. The number of ketones is 1. The zero-order valence-electron chi connectivity index (χ0n) is 14.0. The fourth-order valence-corrected chi connectivity index (χ4v) is 3.25. The number of hydrogen-bond donors (Lipinski definition) is 0. The maximum absolute atomic E-state index is 11.7. The van der Waals surface area contributed by atoms with Crippen molar-refractivity contribution in [2.45, 2.75) is 38.7 Å². The molecule has 1 unspecified atom stereocenters. The van der Waals surface area contributed by atoms with Crippen molar-refractivity contribution in [2.24, 2.45) is 0 Å². The van der Waals surface area contributed by atoms with Gasteiger partial charge in [-0.25, -0.2) is 0 Å². The quantitative estimate of drug-likeness (QED) is 0.549. The number of carbonyl (C=O) groups excluding carboxylic acids is 1. The molecule has 0 spiro atoms. The van der Waals surface area contributed by atoms with Gasteiger partial charge in [-0.05, 0) is 55.7 Å². The molecule has 0 aliphatic carbocycles. The van der Waals surface area contributed by atoms with Crippen LogP contribution in [0, 0.1) is 0 Å². The summed E-state index contributed by atoms with van der Waals surface area (Å²) in [4.78, 5) is 11.7. The Morgan fingerprint density at radius 2 is 1.75 bits per heavy atom. The number of Topliss-reactive ketones (excluding diaryl/α,β-unsaturated/α-hetero) is 1. The van der Waals surface area contributed by atoms with Crippen LogP contribution in [0.4, 0.5) is 0 Å². The molecule has 128 valence electrons. The highest BCUT2D eigenvalue weighted by Crippen LogP contribution is 2.30. The van der Waals surface area contributed by atoms with Crippen LogP contribution in [0.25, 0.3) is 0 Å². The molecule has 0 aliphatic rings. The van der Waals surface area contributed by atoms with Crippen molar-refractivity contribution in [3.8, 4) is 0 Å². The van der Waals surface area contributed by atoms with Crippen LogP contribution in [0.2, 0.25) is 5.02 Å². The third-order valence-electron chi connectivity index (χ3n) is 3.99. The number of carbonyl (C=O) groups is 1. The lowest BCUT2D eigenvalue weighted by molar-refractivity contribution is -0.120. The molecule has 2 aromatic carbocycles. The fraction of sp³-hybridized carbons (Fsp3) is 0.350. The van der Waals surface area contributed by atoms with Crippen LogP contribution < -0.4 is 0 Å². The molecular formula is C20H22BrClO2. The molecule has 0 heterocycles. The average Bonchev–Trinajstić information content (AvgIpc) is 2.55. The van der Waals surface area contributed by atoms with E-state index in [4.69, 9.17) is 16.3 Å². The molecule has 0 aromatic heterocycles. The summed E-state index contributed by atoms with van der Waals surface area (Å²) in [7, 11) is 0. The molecule has 0 saturated carbocycles. The largest absolute Gasteiger partial charge is 0.377 e. The molecule has 0 N–H and O–H groups in total. The maximum Gasteiger partial charge on any atom is 0.132 e. The molecule has 2 rings (SSSR count). The Balaban J connectivity index is 2.32. The van der Waals surface area contributed by atoms with E-state index in [1.54, 1.807) is 6.92 Å². The van der Waals surface area contributed by atoms with Crippen LogP contribution in [0.15, 0.2) is 53.0 Å². The fourth-order valence-electron chi connectivity index (χ4n) is 2.86. The number of rotatable bonds is 8. The summed E-state index contributed by atoms with van der Waals surface area (Å²) in [5.74, 6) is 0.259. The Labute approximate surface area is 157 Å². The highest BCUT2D eigenvalue weighted by Gasteiger charge is 2.25. The van der Waals surface area contributed by atoms with E-state index in [2.05, 4.69) is 28.1 Å². The summed E-state index contributed by atoms with van der Waals surface area (Å²) in [5, 5.41) is 0.726. The minimum absolute atomic E-state index is 0.114. The van der Waals surface area contributed by atoms with E-state index < -0.39 is 0 Å². The van der Waals surface area contributed by atoms with Crippen molar-refractivity contribution in [1.82, 2.24) is 0 Å². The molecule has 0 amide bonds. The van der Waals surface area contributed by atoms with Crippen LogP contribution in [0.5, 0.6) is 0 Å². The molecule has 0 saturated heterocycles. The summed E-state index contributed by atoms with van der Waals surface area (Å²) in [6.45, 7) is 4.17. The molecule has 0 radical (unpaired) electrons. The van der Waals surface area contributed by atoms with Crippen molar-refractivity contribution in [3.63, 3.8) is 0 Å². The highest BCUT2D eigenvalue weighted by molar-refractivity contribution is 9.10. The summed E-state index contributed by atoms with van der Waals surface area (Å²) < 4.78 is 6.97. The SMILES string of the molecule is CCO[C@H](CC(C)=O)C(Cc1ccc(Cl)cc1)c1ccc(Br)cc1. The Morgan fingerprint density at radius 3 is 2.29 bits per heavy atom. The van der Waals surface area contributed by atoms with E-state index in [9.17, 15) is 4.79 Å². The van der Waals surface area contributed by atoms with Gasteiger partial charge in [-0.2, -0.15) is 0 Å². The smallest absolute Gasteiger partial charge is 0.132 e. The third-order valence-corrected chi connectivity index (χ3v) is 4.77. The monoisotopic (exact) mass is 408 g/mol. The minimum Gasteiger partial charge on any atom is -0.377 e. The first kappa shape index (κ1) is 19.2. The van der Waals surface area contributed by atoms with E-state index in [1.165, 1.54) is 11.1 Å². The Hall–Kier alpha value is -1.16.